The first-order valence-electron chi connectivity index (χ1n) is 7.02. The van der Waals surface area contributed by atoms with Gasteiger partial charge in [0.25, 0.3) is 0 Å². The van der Waals surface area contributed by atoms with Crippen LogP contribution in [0.4, 0.5) is 5.13 Å². The summed E-state index contributed by atoms with van der Waals surface area (Å²) in [6, 6.07) is 10.1. The molecule has 1 unspecified atom stereocenters. The summed E-state index contributed by atoms with van der Waals surface area (Å²) < 4.78 is 0. The van der Waals surface area contributed by atoms with Gasteiger partial charge in [0.1, 0.15) is 0 Å². The van der Waals surface area contributed by atoms with E-state index in [1.807, 2.05) is 18.2 Å². The molecule has 0 saturated heterocycles. The lowest BCUT2D eigenvalue weighted by Crippen LogP contribution is -2.14. The minimum absolute atomic E-state index is 0.0399. The number of amides is 1. The molecule has 1 aliphatic carbocycles. The smallest absolute Gasteiger partial charge is 0.226 e. The molecule has 4 heteroatoms. The normalized spacial score (nSPS) is 15.8. The van der Waals surface area contributed by atoms with Crippen LogP contribution in [-0.4, -0.2) is 10.9 Å². The molecule has 1 atom stereocenters. The monoisotopic (exact) mass is 286 g/mol. The highest BCUT2D eigenvalue weighted by molar-refractivity contribution is 7.13. The van der Waals surface area contributed by atoms with E-state index >= 15 is 0 Å². The van der Waals surface area contributed by atoms with Gasteiger partial charge in [-0.25, -0.2) is 4.98 Å². The molecular weight excluding hydrogens is 268 g/mol. The summed E-state index contributed by atoms with van der Waals surface area (Å²) in [6.07, 6.45) is 2.96. The Labute approximate surface area is 123 Å². The van der Waals surface area contributed by atoms with Crippen LogP contribution in [-0.2, 0) is 4.79 Å². The van der Waals surface area contributed by atoms with Crippen molar-refractivity contribution in [3.63, 3.8) is 0 Å². The molecule has 0 radical (unpaired) electrons. The van der Waals surface area contributed by atoms with Crippen molar-refractivity contribution < 1.29 is 4.79 Å². The van der Waals surface area contributed by atoms with E-state index in [4.69, 9.17) is 0 Å². The van der Waals surface area contributed by atoms with Crippen LogP contribution in [0.3, 0.4) is 0 Å². The fourth-order valence-corrected chi connectivity index (χ4v) is 3.07. The van der Waals surface area contributed by atoms with Crippen molar-refractivity contribution in [2.75, 3.05) is 5.32 Å². The van der Waals surface area contributed by atoms with Crippen LogP contribution in [0.25, 0.3) is 0 Å². The minimum Gasteiger partial charge on any atom is -0.302 e. The number of rotatable bonds is 5. The first-order chi connectivity index (χ1) is 9.72. The zero-order chi connectivity index (χ0) is 13.9. The molecule has 3 nitrogen and oxygen atoms in total. The number of anilines is 1. The molecule has 1 aromatic carbocycles. The Kier molecular flexibility index (Phi) is 3.83. The summed E-state index contributed by atoms with van der Waals surface area (Å²) in [4.78, 5) is 16.5. The van der Waals surface area contributed by atoms with Gasteiger partial charge in [-0.3, -0.25) is 4.79 Å². The number of carbonyl (C=O) groups is 1. The zero-order valence-corrected chi connectivity index (χ0v) is 12.3. The van der Waals surface area contributed by atoms with Crippen LogP contribution < -0.4 is 5.32 Å². The lowest BCUT2D eigenvalue weighted by molar-refractivity contribution is -0.116. The van der Waals surface area contributed by atoms with Crippen molar-refractivity contribution in [1.29, 1.82) is 0 Å². The van der Waals surface area contributed by atoms with Gasteiger partial charge in [-0.15, -0.1) is 11.3 Å². The van der Waals surface area contributed by atoms with E-state index < -0.39 is 0 Å². The Hall–Kier alpha value is -1.68. The SMILES string of the molecule is CC(CC(=O)Nc1nc(C2CC2)cs1)c1ccccc1. The molecule has 1 N–H and O–H groups in total. The molecule has 1 heterocycles. The van der Waals surface area contributed by atoms with Gasteiger partial charge in [-0.2, -0.15) is 0 Å². The van der Waals surface area contributed by atoms with Gasteiger partial charge in [0.05, 0.1) is 5.69 Å². The average Bonchev–Trinajstić information content (AvgIpc) is 3.20. The lowest BCUT2D eigenvalue weighted by atomic mass is 9.98. The van der Waals surface area contributed by atoms with Crippen LogP contribution >= 0.6 is 11.3 Å². The maximum absolute atomic E-state index is 12.0. The summed E-state index contributed by atoms with van der Waals surface area (Å²) in [6.45, 7) is 2.08. The van der Waals surface area contributed by atoms with Crippen molar-refractivity contribution in [3.05, 3.63) is 47.0 Å². The molecule has 2 aromatic rings. The van der Waals surface area contributed by atoms with Crippen LogP contribution in [0, 0.1) is 0 Å². The quantitative estimate of drug-likeness (QED) is 0.897. The van der Waals surface area contributed by atoms with Crippen LogP contribution in [0.2, 0.25) is 0 Å². The van der Waals surface area contributed by atoms with Gasteiger partial charge in [-0.1, -0.05) is 37.3 Å². The Morgan fingerprint density at radius 1 is 1.40 bits per heavy atom. The molecule has 3 rings (SSSR count). The maximum Gasteiger partial charge on any atom is 0.226 e. The standard InChI is InChI=1S/C16H18N2OS/c1-11(12-5-3-2-4-6-12)9-15(19)18-16-17-14(10-20-16)13-7-8-13/h2-6,10-11,13H,7-9H2,1H3,(H,17,18,19). The fourth-order valence-electron chi connectivity index (χ4n) is 2.26. The van der Waals surface area contributed by atoms with Crippen LogP contribution in [0.5, 0.6) is 0 Å². The van der Waals surface area contributed by atoms with Gasteiger partial charge in [0, 0.05) is 17.7 Å². The number of nitrogens with zero attached hydrogens (tertiary/aromatic N) is 1. The molecule has 1 aliphatic rings. The van der Waals surface area contributed by atoms with Gasteiger partial charge in [0.2, 0.25) is 5.91 Å². The van der Waals surface area contributed by atoms with E-state index in [-0.39, 0.29) is 11.8 Å². The summed E-state index contributed by atoms with van der Waals surface area (Å²) >= 11 is 1.53. The predicted octanol–water partition coefficient (Wildman–Crippen LogP) is 4.15. The van der Waals surface area contributed by atoms with E-state index in [1.54, 1.807) is 0 Å². The highest BCUT2D eigenvalue weighted by Crippen LogP contribution is 2.40. The van der Waals surface area contributed by atoms with Crippen molar-refractivity contribution in [2.24, 2.45) is 0 Å². The van der Waals surface area contributed by atoms with Crippen molar-refractivity contribution in [3.8, 4) is 0 Å². The number of nitrogens with one attached hydrogen (secondary N) is 1. The summed E-state index contributed by atoms with van der Waals surface area (Å²) in [5.41, 5.74) is 2.34. The number of benzene rings is 1. The zero-order valence-electron chi connectivity index (χ0n) is 11.5. The van der Waals surface area contributed by atoms with Crippen LogP contribution in [0.15, 0.2) is 35.7 Å². The molecule has 0 spiro atoms. The molecule has 1 fully saturated rings. The molecule has 104 valence electrons. The Morgan fingerprint density at radius 2 is 2.15 bits per heavy atom. The third kappa shape index (κ3) is 3.25. The Bertz CT molecular complexity index is 590. The van der Waals surface area contributed by atoms with E-state index in [0.29, 0.717) is 12.3 Å². The molecule has 0 aliphatic heterocycles. The largest absolute Gasteiger partial charge is 0.302 e. The second-order valence-electron chi connectivity index (χ2n) is 5.42. The summed E-state index contributed by atoms with van der Waals surface area (Å²) in [7, 11) is 0. The average molecular weight is 286 g/mol. The molecule has 1 amide bonds. The number of carbonyl (C=O) groups excluding carboxylic acids is 1. The van der Waals surface area contributed by atoms with Crippen molar-refractivity contribution >= 4 is 22.4 Å². The molecule has 20 heavy (non-hydrogen) atoms. The fraction of sp³-hybridized carbons (Fsp3) is 0.375. The van der Waals surface area contributed by atoms with E-state index in [9.17, 15) is 4.79 Å². The first-order valence-corrected chi connectivity index (χ1v) is 7.90. The minimum atomic E-state index is 0.0399. The summed E-state index contributed by atoms with van der Waals surface area (Å²) in [5.74, 6) is 0.900. The van der Waals surface area contributed by atoms with Crippen LogP contribution in [0.1, 0.15) is 49.3 Å². The van der Waals surface area contributed by atoms with Gasteiger partial charge in [-0.05, 0) is 24.3 Å². The molecule has 0 bridgehead atoms. The molecule has 1 saturated carbocycles. The third-order valence-corrected chi connectivity index (χ3v) is 4.40. The van der Waals surface area contributed by atoms with Gasteiger partial charge < -0.3 is 5.32 Å². The van der Waals surface area contributed by atoms with E-state index in [1.165, 1.54) is 29.7 Å². The van der Waals surface area contributed by atoms with Gasteiger partial charge >= 0.3 is 0 Å². The number of aromatic nitrogens is 1. The second kappa shape index (κ2) is 5.75. The summed E-state index contributed by atoms with van der Waals surface area (Å²) in [5, 5.41) is 5.71. The number of thiazole rings is 1. The molecular formula is C16H18N2OS. The Morgan fingerprint density at radius 3 is 2.85 bits per heavy atom. The van der Waals surface area contributed by atoms with Crippen molar-refractivity contribution in [1.82, 2.24) is 4.98 Å². The topological polar surface area (TPSA) is 42.0 Å². The number of hydrogen-bond acceptors (Lipinski definition) is 3. The molecule has 1 aromatic heterocycles. The lowest BCUT2D eigenvalue weighted by Gasteiger charge is -2.10. The van der Waals surface area contributed by atoms with E-state index in [0.717, 1.165) is 10.8 Å². The first kappa shape index (κ1) is 13.3. The van der Waals surface area contributed by atoms with E-state index in [2.05, 4.69) is 34.7 Å². The van der Waals surface area contributed by atoms with Gasteiger partial charge in [0.15, 0.2) is 5.13 Å². The second-order valence-corrected chi connectivity index (χ2v) is 6.27. The highest BCUT2D eigenvalue weighted by Gasteiger charge is 2.26. The van der Waals surface area contributed by atoms with Crippen molar-refractivity contribution in [2.45, 2.75) is 38.0 Å². The number of hydrogen-bond donors (Lipinski definition) is 1. The highest BCUT2D eigenvalue weighted by atomic mass is 32.1. The maximum atomic E-state index is 12.0. The predicted molar refractivity (Wildman–Crippen MR) is 82.2 cm³/mol. The Balaban J connectivity index is 1.56. The third-order valence-electron chi connectivity index (χ3n) is 3.62.